The maximum atomic E-state index is 12.0. The number of H-pyrrole nitrogens is 1. The molecule has 0 radical (unpaired) electrons. The largest absolute Gasteiger partial charge is 0.497 e. The molecule has 4 aromatic rings. The number of methoxy groups -OCH3 is 1. The number of carbonyl (C=O) groups is 1. The van der Waals surface area contributed by atoms with Gasteiger partial charge in [-0.15, -0.1) is 10.2 Å². The molecule has 26 heavy (non-hydrogen) atoms. The highest BCUT2D eigenvalue weighted by atomic mass is 32.2. The Morgan fingerprint density at radius 1 is 1.19 bits per heavy atom. The van der Waals surface area contributed by atoms with Gasteiger partial charge in [0.15, 0.2) is 5.65 Å². The Hall–Kier alpha value is -3.13. The van der Waals surface area contributed by atoms with Gasteiger partial charge in [0.05, 0.1) is 12.9 Å². The fourth-order valence-electron chi connectivity index (χ4n) is 2.57. The third-order valence-electron chi connectivity index (χ3n) is 3.79. The first-order chi connectivity index (χ1) is 12.7. The van der Waals surface area contributed by atoms with Crippen LogP contribution in [0.2, 0.25) is 0 Å². The summed E-state index contributed by atoms with van der Waals surface area (Å²) in [7, 11) is 1.62. The minimum atomic E-state index is -0.119. The predicted octanol–water partition coefficient (Wildman–Crippen LogP) is 3.25. The number of thioether (sulfide) groups is 1. The van der Waals surface area contributed by atoms with E-state index < -0.39 is 0 Å². The van der Waals surface area contributed by atoms with Crippen molar-refractivity contribution in [3.05, 3.63) is 48.5 Å². The first-order valence-electron chi connectivity index (χ1n) is 7.91. The monoisotopic (exact) mass is 365 g/mol. The fourth-order valence-corrected chi connectivity index (χ4v) is 3.16. The summed E-state index contributed by atoms with van der Waals surface area (Å²) in [4.78, 5) is 19.7. The Kier molecular flexibility index (Phi) is 4.40. The van der Waals surface area contributed by atoms with E-state index in [1.807, 2.05) is 48.5 Å². The number of hydrogen-bond acceptors (Lipinski definition) is 6. The molecule has 0 saturated carbocycles. The third kappa shape index (κ3) is 3.31. The number of carbonyl (C=O) groups excluding carboxylic acids is 1. The zero-order valence-electron chi connectivity index (χ0n) is 13.9. The molecule has 0 saturated heterocycles. The van der Waals surface area contributed by atoms with E-state index >= 15 is 0 Å². The van der Waals surface area contributed by atoms with Crippen LogP contribution in [0.4, 0.5) is 5.69 Å². The van der Waals surface area contributed by atoms with E-state index in [4.69, 9.17) is 4.74 Å². The van der Waals surface area contributed by atoms with Crippen LogP contribution in [0.25, 0.3) is 22.1 Å². The van der Waals surface area contributed by atoms with E-state index in [1.165, 1.54) is 11.8 Å². The summed E-state index contributed by atoms with van der Waals surface area (Å²) >= 11 is 1.24. The Labute approximate surface area is 153 Å². The normalized spacial score (nSPS) is 11.0. The minimum Gasteiger partial charge on any atom is -0.497 e. The van der Waals surface area contributed by atoms with Gasteiger partial charge in [0, 0.05) is 16.6 Å². The van der Waals surface area contributed by atoms with Gasteiger partial charge in [-0.25, -0.2) is 4.98 Å². The van der Waals surface area contributed by atoms with E-state index in [0.29, 0.717) is 16.3 Å². The summed E-state index contributed by atoms with van der Waals surface area (Å²) in [6.45, 7) is 0. The van der Waals surface area contributed by atoms with Crippen molar-refractivity contribution in [1.82, 2.24) is 20.2 Å². The summed E-state index contributed by atoms with van der Waals surface area (Å²) in [5.74, 6) is 0.832. The molecule has 0 atom stereocenters. The molecule has 0 aliphatic heterocycles. The summed E-state index contributed by atoms with van der Waals surface area (Å²) in [6, 6.07) is 15.0. The molecular formula is C18H15N5O2S. The molecular weight excluding hydrogens is 350 g/mol. The number of fused-ring (bicyclic) bond motifs is 3. The Morgan fingerprint density at radius 2 is 2.04 bits per heavy atom. The van der Waals surface area contributed by atoms with E-state index in [0.717, 1.165) is 22.3 Å². The molecule has 0 aliphatic rings. The molecule has 0 aliphatic carbocycles. The Bertz CT molecular complexity index is 1080. The van der Waals surface area contributed by atoms with Crippen molar-refractivity contribution in [1.29, 1.82) is 0 Å². The second-order valence-corrected chi connectivity index (χ2v) is 6.47. The van der Waals surface area contributed by atoms with Crippen molar-refractivity contribution in [3.63, 3.8) is 0 Å². The van der Waals surface area contributed by atoms with E-state index in [9.17, 15) is 4.79 Å². The molecule has 1 amide bonds. The fraction of sp³-hybridized carbons (Fsp3) is 0.111. The van der Waals surface area contributed by atoms with Crippen LogP contribution in [-0.2, 0) is 4.79 Å². The lowest BCUT2D eigenvalue weighted by Crippen LogP contribution is -2.14. The number of ether oxygens (including phenoxy) is 1. The smallest absolute Gasteiger partial charge is 0.234 e. The number of aromatic amines is 1. The molecule has 2 N–H and O–H groups in total. The van der Waals surface area contributed by atoms with Gasteiger partial charge in [0.2, 0.25) is 11.1 Å². The van der Waals surface area contributed by atoms with Crippen molar-refractivity contribution in [2.45, 2.75) is 5.16 Å². The average molecular weight is 365 g/mol. The number of rotatable bonds is 5. The third-order valence-corrected chi connectivity index (χ3v) is 4.63. The maximum Gasteiger partial charge on any atom is 0.234 e. The van der Waals surface area contributed by atoms with Crippen molar-refractivity contribution in [2.75, 3.05) is 18.2 Å². The van der Waals surface area contributed by atoms with Gasteiger partial charge in [-0.05, 0) is 30.3 Å². The van der Waals surface area contributed by atoms with Gasteiger partial charge >= 0.3 is 0 Å². The molecule has 0 fully saturated rings. The van der Waals surface area contributed by atoms with Gasteiger partial charge in [0.1, 0.15) is 11.3 Å². The predicted molar refractivity (Wildman–Crippen MR) is 102 cm³/mol. The van der Waals surface area contributed by atoms with Crippen LogP contribution in [0.1, 0.15) is 0 Å². The SMILES string of the molecule is COc1ccc2[nH]c3nc(SCC(=O)Nc4ccccc4)nnc3c2c1. The molecule has 0 unspecified atom stereocenters. The van der Waals surface area contributed by atoms with Gasteiger partial charge in [0.25, 0.3) is 0 Å². The molecule has 7 nitrogen and oxygen atoms in total. The van der Waals surface area contributed by atoms with Crippen LogP contribution >= 0.6 is 11.8 Å². The zero-order valence-corrected chi connectivity index (χ0v) is 14.7. The topological polar surface area (TPSA) is 92.8 Å². The zero-order chi connectivity index (χ0) is 17.9. The van der Waals surface area contributed by atoms with Crippen molar-refractivity contribution < 1.29 is 9.53 Å². The van der Waals surface area contributed by atoms with E-state index in [1.54, 1.807) is 7.11 Å². The molecule has 0 spiro atoms. The Morgan fingerprint density at radius 3 is 2.85 bits per heavy atom. The average Bonchev–Trinajstić information content (AvgIpc) is 3.04. The molecule has 2 aromatic heterocycles. The van der Waals surface area contributed by atoms with Gasteiger partial charge < -0.3 is 15.0 Å². The Balaban J connectivity index is 1.50. The van der Waals surface area contributed by atoms with Gasteiger partial charge in [-0.1, -0.05) is 30.0 Å². The summed E-state index contributed by atoms with van der Waals surface area (Å²) in [5.41, 5.74) is 2.98. The van der Waals surface area contributed by atoms with Crippen molar-refractivity contribution in [3.8, 4) is 5.75 Å². The highest BCUT2D eigenvalue weighted by Crippen LogP contribution is 2.27. The first kappa shape index (κ1) is 16.3. The second kappa shape index (κ2) is 7.01. The molecule has 8 heteroatoms. The van der Waals surface area contributed by atoms with E-state index in [2.05, 4.69) is 25.5 Å². The molecule has 130 valence electrons. The quantitative estimate of drug-likeness (QED) is 0.528. The van der Waals surface area contributed by atoms with E-state index in [-0.39, 0.29) is 11.7 Å². The molecule has 0 bridgehead atoms. The number of hydrogen-bond donors (Lipinski definition) is 2. The van der Waals surface area contributed by atoms with Crippen molar-refractivity contribution >= 4 is 45.4 Å². The number of nitrogens with one attached hydrogen (secondary N) is 2. The number of nitrogens with zero attached hydrogens (tertiary/aromatic N) is 3. The van der Waals surface area contributed by atoms with Crippen LogP contribution in [-0.4, -0.2) is 38.9 Å². The summed E-state index contributed by atoms with van der Waals surface area (Å²) in [6.07, 6.45) is 0. The van der Waals surface area contributed by atoms with Gasteiger partial charge in [-0.3, -0.25) is 4.79 Å². The standard InChI is InChI=1S/C18H15N5O2S/c1-25-12-7-8-14-13(9-12)16-17(20-14)21-18(23-22-16)26-10-15(24)19-11-5-3-2-4-6-11/h2-9H,10H2,1H3,(H,19,24)(H,20,21,23). The molecule has 4 rings (SSSR count). The van der Waals surface area contributed by atoms with Crippen LogP contribution in [0.5, 0.6) is 5.75 Å². The summed E-state index contributed by atoms with van der Waals surface area (Å²) < 4.78 is 5.25. The highest BCUT2D eigenvalue weighted by molar-refractivity contribution is 7.99. The molecule has 2 heterocycles. The van der Waals surface area contributed by atoms with Crippen LogP contribution in [0.3, 0.4) is 0 Å². The highest BCUT2D eigenvalue weighted by Gasteiger charge is 2.11. The number of benzene rings is 2. The number of para-hydroxylation sites is 1. The number of aromatic nitrogens is 4. The second-order valence-electron chi connectivity index (χ2n) is 5.53. The lowest BCUT2D eigenvalue weighted by Gasteiger charge is -2.03. The minimum absolute atomic E-state index is 0.119. The van der Waals surface area contributed by atoms with Crippen molar-refractivity contribution in [2.24, 2.45) is 0 Å². The lowest BCUT2D eigenvalue weighted by molar-refractivity contribution is -0.113. The van der Waals surface area contributed by atoms with Gasteiger partial charge in [-0.2, -0.15) is 0 Å². The summed E-state index contributed by atoms with van der Waals surface area (Å²) in [5, 5.41) is 12.6. The van der Waals surface area contributed by atoms with Crippen LogP contribution in [0, 0.1) is 0 Å². The first-order valence-corrected chi connectivity index (χ1v) is 8.89. The maximum absolute atomic E-state index is 12.0. The van der Waals surface area contributed by atoms with Crippen LogP contribution < -0.4 is 10.1 Å². The molecule has 2 aromatic carbocycles. The number of amides is 1. The van der Waals surface area contributed by atoms with Crippen LogP contribution in [0.15, 0.2) is 53.7 Å². The lowest BCUT2D eigenvalue weighted by atomic mass is 10.2. The number of anilines is 1.